The van der Waals surface area contributed by atoms with E-state index in [1.807, 2.05) is 0 Å². The molecule has 0 atom stereocenters. The Kier molecular flexibility index (Phi) is 2.06. The summed E-state index contributed by atoms with van der Waals surface area (Å²) in [4.78, 5) is 4.16. The molecule has 0 spiro atoms. The van der Waals surface area contributed by atoms with E-state index in [4.69, 9.17) is 0 Å². The molecule has 1 nitrogen and oxygen atoms in total. The molecule has 1 fully saturated rings. The minimum atomic E-state index is -0.202. The van der Waals surface area contributed by atoms with E-state index in [2.05, 4.69) is 18.8 Å². The summed E-state index contributed by atoms with van der Waals surface area (Å²) in [5, 5.41) is 0. The molecule has 13 heavy (non-hydrogen) atoms. The van der Waals surface area contributed by atoms with E-state index < -0.39 is 0 Å². The number of nitrogens with zero attached hydrogens (tertiary/aromatic N) is 1. The molecule has 1 aliphatic carbocycles. The molecule has 0 aromatic carbocycles. The second-order valence-electron chi connectivity index (χ2n) is 4.06. The number of hydrogen-bond acceptors (Lipinski definition) is 1. The zero-order valence-corrected chi connectivity index (χ0v) is 8.05. The van der Waals surface area contributed by atoms with Gasteiger partial charge in [-0.05, 0) is 36.3 Å². The van der Waals surface area contributed by atoms with Crippen molar-refractivity contribution in [1.29, 1.82) is 0 Å². The Labute approximate surface area is 78.0 Å². The molecule has 0 radical (unpaired) electrons. The zero-order chi connectivity index (χ0) is 9.42. The normalized spacial score (nSPS) is 16.6. The maximum atomic E-state index is 12.9. The van der Waals surface area contributed by atoms with Crippen molar-refractivity contribution >= 4 is 0 Å². The van der Waals surface area contributed by atoms with Gasteiger partial charge in [-0.2, -0.15) is 0 Å². The van der Waals surface area contributed by atoms with Gasteiger partial charge in [-0.1, -0.05) is 13.8 Å². The van der Waals surface area contributed by atoms with Gasteiger partial charge in [-0.15, -0.1) is 0 Å². The van der Waals surface area contributed by atoms with E-state index in [1.54, 1.807) is 6.07 Å². The van der Waals surface area contributed by atoms with Crippen LogP contribution in [0.15, 0.2) is 12.3 Å². The maximum absolute atomic E-state index is 12.9. The van der Waals surface area contributed by atoms with Crippen molar-refractivity contribution in [3.8, 4) is 0 Å². The van der Waals surface area contributed by atoms with E-state index in [-0.39, 0.29) is 5.82 Å². The van der Waals surface area contributed by atoms with Crippen molar-refractivity contribution in [3.63, 3.8) is 0 Å². The minimum Gasteiger partial charge on any atom is -0.258 e. The predicted octanol–water partition coefficient (Wildman–Crippen LogP) is 3.22. The summed E-state index contributed by atoms with van der Waals surface area (Å²) in [6.07, 6.45) is 3.72. The van der Waals surface area contributed by atoms with Crippen molar-refractivity contribution in [2.24, 2.45) is 0 Å². The summed E-state index contributed by atoms with van der Waals surface area (Å²) in [6, 6.07) is 1.65. The van der Waals surface area contributed by atoms with Gasteiger partial charge in [0.2, 0.25) is 0 Å². The number of pyridine rings is 1. The molecule has 2 heteroatoms. The van der Waals surface area contributed by atoms with Crippen LogP contribution in [-0.4, -0.2) is 4.98 Å². The third kappa shape index (κ3) is 1.71. The van der Waals surface area contributed by atoms with Gasteiger partial charge in [0.1, 0.15) is 5.82 Å². The third-order valence-corrected chi connectivity index (χ3v) is 2.48. The maximum Gasteiger partial charge on any atom is 0.141 e. The SMILES string of the molecule is CC(C)c1ncc(F)cc1C1CC1. The lowest BCUT2D eigenvalue weighted by molar-refractivity contribution is 0.612. The molecule has 1 saturated carbocycles. The number of rotatable bonds is 2. The molecule has 0 bridgehead atoms. The van der Waals surface area contributed by atoms with Crippen LogP contribution in [0.4, 0.5) is 4.39 Å². The van der Waals surface area contributed by atoms with Crippen LogP contribution in [0.2, 0.25) is 0 Å². The van der Waals surface area contributed by atoms with Gasteiger partial charge in [0.15, 0.2) is 0 Å². The molecular weight excluding hydrogens is 165 g/mol. The Balaban J connectivity index is 2.42. The summed E-state index contributed by atoms with van der Waals surface area (Å²) < 4.78 is 12.9. The van der Waals surface area contributed by atoms with E-state index in [0.29, 0.717) is 11.8 Å². The minimum absolute atomic E-state index is 0.202. The average Bonchev–Trinajstić information content (AvgIpc) is 2.85. The Bertz CT molecular complexity index is 316. The first-order valence-electron chi connectivity index (χ1n) is 4.84. The molecule has 1 aromatic rings. The van der Waals surface area contributed by atoms with Gasteiger partial charge >= 0.3 is 0 Å². The first-order valence-corrected chi connectivity index (χ1v) is 4.84. The van der Waals surface area contributed by atoms with Gasteiger partial charge in [-0.25, -0.2) is 4.39 Å². The Morgan fingerprint density at radius 1 is 1.46 bits per heavy atom. The van der Waals surface area contributed by atoms with Crippen LogP contribution in [0.5, 0.6) is 0 Å². The Hall–Kier alpha value is -0.920. The summed E-state index contributed by atoms with van der Waals surface area (Å²) in [7, 11) is 0. The summed E-state index contributed by atoms with van der Waals surface area (Å²) in [6.45, 7) is 4.21. The molecule has 0 saturated heterocycles. The molecule has 0 aliphatic heterocycles. The highest BCUT2D eigenvalue weighted by Crippen LogP contribution is 2.42. The van der Waals surface area contributed by atoms with Crippen LogP contribution >= 0.6 is 0 Å². The summed E-state index contributed by atoms with van der Waals surface area (Å²) >= 11 is 0. The van der Waals surface area contributed by atoms with Crippen molar-refractivity contribution in [2.75, 3.05) is 0 Å². The highest BCUT2D eigenvalue weighted by atomic mass is 19.1. The Morgan fingerprint density at radius 2 is 2.15 bits per heavy atom. The van der Waals surface area contributed by atoms with Crippen LogP contribution in [0.3, 0.4) is 0 Å². The third-order valence-electron chi connectivity index (χ3n) is 2.48. The fraction of sp³-hybridized carbons (Fsp3) is 0.545. The predicted molar refractivity (Wildman–Crippen MR) is 50.3 cm³/mol. The van der Waals surface area contributed by atoms with Gasteiger partial charge in [-0.3, -0.25) is 4.98 Å². The zero-order valence-electron chi connectivity index (χ0n) is 8.05. The molecule has 1 aliphatic rings. The van der Waals surface area contributed by atoms with Gasteiger partial charge < -0.3 is 0 Å². The van der Waals surface area contributed by atoms with Gasteiger partial charge in [0.25, 0.3) is 0 Å². The van der Waals surface area contributed by atoms with E-state index in [1.165, 1.54) is 19.0 Å². The Morgan fingerprint density at radius 3 is 2.69 bits per heavy atom. The monoisotopic (exact) mass is 179 g/mol. The molecular formula is C11H14FN. The van der Waals surface area contributed by atoms with E-state index >= 15 is 0 Å². The first-order chi connectivity index (χ1) is 6.18. The lowest BCUT2D eigenvalue weighted by Crippen LogP contribution is -1.99. The first kappa shape index (κ1) is 8.67. The molecule has 70 valence electrons. The molecule has 0 N–H and O–H groups in total. The smallest absolute Gasteiger partial charge is 0.141 e. The average molecular weight is 179 g/mol. The fourth-order valence-electron chi connectivity index (χ4n) is 1.67. The summed E-state index contributed by atoms with van der Waals surface area (Å²) in [5.41, 5.74) is 2.21. The summed E-state index contributed by atoms with van der Waals surface area (Å²) in [5.74, 6) is 0.781. The number of aromatic nitrogens is 1. The lowest BCUT2D eigenvalue weighted by Gasteiger charge is -2.10. The number of hydrogen-bond donors (Lipinski definition) is 0. The van der Waals surface area contributed by atoms with E-state index in [0.717, 1.165) is 11.3 Å². The second kappa shape index (κ2) is 3.09. The van der Waals surface area contributed by atoms with Crippen molar-refractivity contribution in [3.05, 3.63) is 29.3 Å². The van der Waals surface area contributed by atoms with Crippen LogP contribution in [0.25, 0.3) is 0 Å². The quantitative estimate of drug-likeness (QED) is 0.679. The molecule has 1 aromatic heterocycles. The molecule has 0 amide bonds. The van der Waals surface area contributed by atoms with Crippen molar-refractivity contribution in [2.45, 2.75) is 38.5 Å². The largest absolute Gasteiger partial charge is 0.258 e. The van der Waals surface area contributed by atoms with Crippen LogP contribution in [-0.2, 0) is 0 Å². The fourth-order valence-corrected chi connectivity index (χ4v) is 1.67. The highest BCUT2D eigenvalue weighted by Gasteiger charge is 2.27. The second-order valence-corrected chi connectivity index (χ2v) is 4.06. The van der Waals surface area contributed by atoms with Gasteiger partial charge in [0, 0.05) is 5.69 Å². The van der Waals surface area contributed by atoms with Crippen LogP contribution in [0.1, 0.15) is 49.8 Å². The molecule has 2 rings (SSSR count). The topological polar surface area (TPSA) is 12.9 Å². The van der Waals surface area contributed by atoms with E-state index in [9.17, 15) is 4.39 Å². The van der Waals surface area contributed by atoms with Crippen LogP contribution < -0.4 is 0 Å². The van der Waals surface area contributed by atoms with Crippen molar-refractivity contribution in [1.82, 2.24) is 4.98 Å². The standard InChI is InChI=1S/C11H14FN/c1-7(2)11-10(8-3-4-8)5-9(12)6-13-11/h5-8H,3-4H2,1-2H3. The lowest BCUT2D eigenvalue weighted by atomic mass is 10.0. The molecule has 0 unspecified atom stereocenters. The van der Waals surface area contributed by atoms with Crippen molar-refractivity contribution < 1.29 is 4.39 Å². The van der Waals surface area contributed by atoms with Gasteiger partial charge in [0.05, 0.1) is 6.20 Å². The highest BCUT2D eigenvalue weighted by molar-refractivity contribution is 5.30. The molecule has 1 heterocycles. The number of halogens is 1. The van der Waals surface area contributed by atoms with Crippen LogP contribution in [0, 0.1) is 5.82 Å².